The van der Waals surface area contributed by atoms with Crippen LogP contribution in [0.4, 0.5) is 0 Å². The minimum absolute atomic E-state index is 0.0790. The molecule has 6 heteroatoms. The fourth-order valence-electron chi connectivity index (χ4n) is 2.29. The molecular formula is C18H10O6. The number of furan rings is 2. The van der Waals surface area contributed by atoms with Gasteiger partial charge in [-0.1, -0.05) is 0 Å². The number of benzene rings is 1. The lowest BCUT2D eigenvalue weighted by atomic mass is 10.2. The van der Waals surface area contributed by atoms with E-state index in [1.807, 2.05) is 0 Å². The van der Waals surface area contributed by atoms with Gasteiger partial charge in [-0.3, -0.25) is 4.79 Å². The van der Waals surface area contributed by atoms with Crippen LogP contribution in [-0.4, -0.2) is 5.97 Å². The summed E-state index contributed by atoms with van der Waals surface area (Å²) in [4.78, 5) is 24.2. The summed E-state index contributed by atoms with van der Waals surface area (Å²) >= 11 is 0. The van der Waals surface area contributed by atoms with Crippen LogP contribution in [0, 0.1) is 0 Å². The number of ether oxygens (including phenoxy) is 1. The Labute approximate surface area is 134 Å². The van der Waals surface area contributed by atoms with Crippen molar-refractivity contribution in [3.8, 4) is 17.3 Å². The molecule has 0 unspecified atom stereocenters. The lowest BCUT2D eigenvalue weighted by Crippen LogP contribution is -2.08. The van der Waals surface area contributed by atoms with Gasteiger partial charge in [-0.05, 0) is 42.5 Å². The number of carbonyl (C=O) groups is 1. The van der Waals surface area contributed by atoms with E-state index >= 15 is 0 Å². The van der Waals surface area contributed by atoms with Crippen molar-refractivity contribution in [2.24, 2.45) is 0 Å². The van der Waals surface area contributed by atoms with Crippen LogP contribution in [-0.2, 0) is 0 Å². The molecular weight excluding hydrogens is 312 g/mol. The van der Waals surface area contributed by atoms with E-state index in [0.29, 0.717) is 22.5 Å². The summed E-state index contributed by atoms with van der Waals surface area (Å²) in [6, 6.07) is 12.4. The predicted octanol–water partition coefficient (Wildman–Crippen LogP) is 3.87. The van der Waals surface area contributed by atoms with Crippen LogP contribution < -0.4 is 10.2 Å². The Balaban J connectivity index is 1.71. The second kappa shape index (κ2) is 5.58. The first-order valence-electron chi connectivity index (χ1n) is 7.08. The standard InChI is InChI=1S/C18H10O6/c19-13-10-17(15-3-1-7-21-15)24-14-6-5-11(9-12(13)14)23-18(20)16-4-2-8-22-16/h1-10H. The van der Waals surface area contributed by atoms with Crippen molar-refractivity contribution in [3.63, 3.8) is 0 Å². The first-order chi connectivity index (χ1) is 11.7. The summed E-state index contributed by atoms with van der Waals surface area (Å²) in [7, 11) is 0. The number of esters is 1. The molecule has 0 saturated heterocycles. The topological polar surface area (TPSA) is 82.8 Å². The van der Waals surface area contributed by atoms with E-state index in [4.69, 9.17) is 18.0 Å². The molecule has 24 heavy (non-hydrogen) atoms. The maximum atomic E-state index is 12.3. The van der Waals surface area contributed by atoms with Gasteiger partial charge in [-0.2, -0.15) is 0 Å². The second-order valence-corrected chi connectivity index (χ2v) is 4.98. The summed E-state index contributed by atoms with van der Waals surface area (Å²) in [5.41, 5.74) is 0.102. The third kappa shape index (κ3) is 2.50. The van der Waals surface area contributed by atoms with E-state index in [-0.39, 0.29) is 16.9 Å². The Hall–Kier alpha value is -3.54. The van der Waals surface area contributed by atoms with Gasteiger partial charge >= 0.3 is 5.97 Å². The van der Waals surface area contributed by atoms with Crippen LogP contribution >= 0.6 is 0 Å². The van der Waals surface area contributed by atoms with Crippen molar-refractivity contribution in [2.75, 3.05) is 0 Å². The Kier molecular flexibility index (Phi) is 3.28. The number of carbonyl (C=O) groups excluding carboxylic acids is 1. The van der Waals surface area contributed by atoms with Crippen molar-refractivity contribution in [2.45, 2.75) is 0 Å². The highest BCUT2D eigenvalue weighted by Gasteiger charge is 2.14. The van der Waals surface area contributed by atoms with Crippen molar-refractivity contribution < 1.29 is 22.8 Å². The Bertz CT molecular complexity index is 1050. The molecule has 0 amide bonds. The molecule has 0 spiro atoms. The molecule has 0 atom stereocenters. The number of hydrogen-bond donors (Lipinski definition) is 0. The van der Waals surface area contributed by atoms with Gasteiger partial charge in [-0.25, -0.2) is 4.79 Å². The molecule has 0 bridgehead atoms. The van der Waals surface area contributed by atoms with E-state index in [0.717, 1.165) is 0 Å². The third-order valence-corrected chi connectivity index (χ3v) is 3.40. The van der Waals surface area contributed by atoms with Crippen LogP contribution in [0.2, 0.25) is 0 Å². The fraction of sp³-hybridized carbons (Fsp3) is 0. The molecule has 0 fully saturated rings. The molecule has 1 aromatic carbocycles. The van der Waals surface area contributed by atoms with Crippen molar-refractivity contribution in [1.82, 2.24) is 0 Å². The van der Waals surface area contributed by atoms with Crippen LogP contribution in [0.15, 0.2) is 79.1 Å². The molecule has 0 aliphatic rings. The van der Waals surface area contributed by atoms with Crippen LogP contribution in [0.3, 0.4) is 0 Å². The Morgan fingerprint density at radius 2 is 1.75 bits per heavy atom. The summed E-state index contributed by atoms with van der Waals surface area (Å²) in [5, 5.41) is 0.301. The number of fused-ring (bicyclic) bond motifs is 1. The zero-order chi connectivity index (χ0) is 16.5. The quantitative estimate of drug-likeness (QED) is 0.420. The van der Waals surface area contributed by atoms with Gasteiger partial charge in [0.2, 0.25) is 5.76 Å². The zero-order valence-electron chi connectivity index (χ0n) is 12.2. The van der Waals surface area contributed by atoms with E-state index < -0.39 is 5.97 Å². The van der Waals surface area contributed by atoms with E-state index in [1.54, 1.807) is 24.3 Å². The zero-order valence-corrected chi connectivity index (χ0v) is 12.2. The average molecular weight is 322 g/mol. The van der Waals surface area contributed by atoms with Crippen molar-refractivity contribution in [1.29, 1.82) is 0 Å². The predicted molar refractivity (Wildman–Crippen MR) is 83.9 cm³/mol. The maximum absolute atomic E-state index is 12.3. The Morgan fingerprint density at radius 1 is 0.917 bits per heavy atom. The van der Waals surface area contributed by atoms with E-state index in [9.17, 15) is 9.59 Å². The number of hydrogen-bond acceptors (Lipinski definition) is 6. The van der Waals surface area contributed by atoms with Gasteiger partial charge in [0.1, 0.15) is 11.3 Å². The summed E-state index contributed by atoms with van der Waals surface area (Å²) in [5.74, 6) is 0.452. The van der Waals surface area contributed by atoms with Crippen molar-refractivity contribution >= 4 is 16.9 Å². The molecule has 0 N–H and O–H groups in total. The molecule has 0 radical (unpaired) electrons. The van der Waals surface area contributed by atoms with Crippen molar-refractivity contribution in [3.05, 3.63) is 77.0 Å². The highest BCUT2D eigenvalue weighted by molar-refractivity contribution is 5.89. The average Bonchev–Trinajstić information content (AvgIpc) is 3.29. The molecule has 6 nitrogen and oxygen atoms in total. The first kappa shape index (κ1) is 14.1. The fourth-order valence-corrected chi connectivity index (χ4v) is 2.29. The molecule has 0 saturated carbocycles. The molecule has 0 aliphatic carbocycles. The van der Waals surface area contributed by atoms with Gasteiger partial charge in [0, 0.05) is 6.07 Å². The molecule has 4 aromatic rings. The van der Waals surface area contributed by atoms with Gasteiger partial charge < -0.3 is 18.0 Å². The summed E-state index contributed by atoms with van der Waals surface area (Å²) in [6.45, 7) is 0. The minimum Gasteiger partial charge on any atom is -0.461 e. The van der Waals surface area contributed by atoms with Crippen LogP contribution in [0.1, 0.15) is 10.6 Å². The second-order valence-electron chi connectivity index (χ2n) is 4.98. The smallest absolute Gasteiger partial charge is 0.379 e. The monoisotopic (exact) mass is 322 g/mol. The molecule has 0 aliphatic heterocycles. The number of rotatable bonds is 3. The van der Waals surface area contributed by atoms with E-state index in [2.05, 4.69) is 0 Å². The lowest BCUT2D eigenvalue weighted by Gasteiger charge is -2.04. The highest BCUT2D eigenvalue weighted by atomic mass is 16.5. The molecule has 3 heterocycles. The molecule has 3 aromatic heterocycles. The van der Waals surface area contributed by atoms with Gasteiger partial charge in [0.05, 0.1) is 17.9 Å². The molecule has 4 rings (SSSR count). The SMILES string of the molecule is O=C(Oc1ccc2oc(-c3ccco3)cc(=O)c2c1)c1ccco1. The maximum Gasteiger partial charge on any atom is 0.379 e. The highest BCUT2D eigenvalue weighted by Crippen LogP contribution is 2.25. The third-order valence-electron chi connectivity index (χ3n) is 3.40. The normalized spacial score (nSPS) is 10.8. The summed E-state index contributed by atoms with van der Waals surface area (Å²) < 4.78 is 21.1. The van der Waals surface area contributed by atoms with Crippen LogP contribution in [0.25, 0.3) is 22.5 Å². The van der Waals surface area contributed by atoms with Gasteiger partial charge in [0.25, 0.3) is 0 Å². The minimum atomic E-state index is -0.643. The van der Waals surface area contributed by atoms with Crippen LogP contribution in [0.5, 0.6) is 5.75 Å². The molecule has 118 valence electrons. The van der Waals surface area contributed by atoms with Gasteiger partial charge in [0.15, 0.2) is 16.9 Å². The first-order valence-corrected chi connectivity index (χ1v) is 7.08. The summed E-state index contributed by atoms with van der Waals surface area (Å²) in [6.07, 6.45) is 2.87. The van der Waals surface area contributed by atoms with E-state index in [1.165, 1.54) is 36.8 Å². The Morgan fingerprint density at radius 3 is 2.50 bits per heavy atom. The van der Waals surface area contributed by atoms with Gasteiger partial charge in [-0.15, -0.1) is 0 Å². The largest absolute Gasteiger partial charge is 0.461 e. The lowest BCUT2D eigenvalue weighted by molar-refractivity contribution is 0.0701.